The number of hydrogen-bond acceptors (Lipinski definition) is 24. The number of ether oxygens (including phenoxy) is 9. The minimum Gasteiger partial charge on any atom is -0.540 e. The number of fused-ring (bicyclic) bond motifs is 21. The van der Waals surface area contributed by atoms with E-state index in [1.54, 1.807) is 57.7 Å². The minimum atomic E-state index is -2.75. The maximum Gasteiger partial charge on any atom is 0.307 e. The predicted octanol–water partition coefficient (Wildman–Crippen LogP) is 18.1. The second kappa shape index (κ2) is 48.1. The van der Waals surface area contributed by atoms with E-state index in [0.717, 1.165) is 122 Å². The number of benzene rings is 3. The summed E-state index contributed by atoms with van der Waals surface area (Å²) in [6.45, 7) is 18.3. The number of methoxy groups -OCH3 is 3. The van der Waals surface area contributed by atoms with Crippen molar-refractivity contribution >= 4 is 87.6 Å². The van der Waals surface area contributed by atoms with Crippen molar-refractivity contribution in [2.45, 2.75) is 329 Å². The van der Waals surface area contributed by atoms with Crippen LogP contribution in [0.5, 0.6) is 34.9 Å². The molecule has 5 saturated carbocycles. The average Bonchev–Trinajstić information content (AvgIpc) is 1.59. The number of aromatic nitrogens is 6. The van der Waals surface area contributed by atoms with Crippen molar-refractivity contribution in [2.24, 2.45) is 93.2 Å². The summed E-state index contributed by atoms with van der Waals surface area (Å²) in [5, 5.41) is 0. The molecule has 22 atom stereocenters. The quantitative estimate of drug-likeness (QED) is 0.0475. The molecule has 8 fully saturated rings. The number of amides is 3. The molecular formula is C106H136F6N9O18V3-3. The van der Waals surface area contributed by atoms with Gasteiger partial charge in [-0.05, 0) is 228 Å². The molecule has 3 aromatic heterocycles. The summed E-state index contributed by atoms with van der Waals surface area (Å²) in [5.74, 6) is -3.07. The molecule has 6 aromatic rings. The molecule has 3 aromatic carbocycles. The van der Waals surface area contributed by atoms with Gasteiger partial charge >= 0.3 is 17.9 Å². The van der Waals surface area contributed by atoms with E-state index in [0.29, 0.717) is 122 Å². The van der Waals surface area contributed by atoms with Crippen LogP contribution < -0.4 is 28.4 Å². The van der Waals surface area contributed by atoms with Crippen molar-refractivity contribution in [3.63, 3.8) is 0 Å². The first kappa shape index (κ1) is 112. The Morgan fingerprint density at radius 2 is 0.754 bits per heavy atom. The van der Waals surface area contributed by atoms with Gasteiger partial charge in [0.1, 0.15) is 70.5 Å². The summed E-state index contributed by atoms with van der Waals surface area (Å²) < 4.78 is 138. The zero-order chi connectivity index (χ0) is 99.4. The molecular weight excluding hydrogens is 1950 g/mol. The van der Waals surface area contributed by atoms with Gasteiger partial charge in [-0.1, -0.05) is 119 Å². The zero-order valence-corrected chi connectivity index (χ0v) is 87.9. The van der Waals surface area contributed by atoms with E-state index >= 15 is 0 Å². The number of hydrogen-bond donors (Lipinski definition) is 0. The summed E-state index contributed by atoms with van der Waals surface area (Å²) in [5.41, 5.74) is 2.67. The number of rotatable bonds is 12. The van der Waals surface area contributed by atoms with Crippen LogP contribution in [-0.4, -0.2) is 214 Å². The van der Waals surface area contributed by atoms with E-state index in [9.17, 15) is 69.5 Å². The fraction of sp³-hybridized carbons (Fsp3) is 0.689. The second-order valence-electron chi connectivity index (χ2n) is 44.1. The van der Waals surface area contributed by atoms with Crippen molar-refractivity contribution < 1.29 is 168 Å². The Hall–Kier alpha value is -8.36. The van der Waals surface area contributed by atoms with E-state index in [1.165, 1.54) is 21.1 Å². The Kier molecular flexibility index (Phi) is 38.1. The fourth-order valence-electron chi connectivity index (χ4n) is 24.1. The van der Waals surface area contributed by atoms with Crippen LogP contribution in [-0.2, 0) is 132 Å². The molecule has 3 radical (unpaired) electrons. The Balaban J connectivity index is 0.000000188. The minimum absolute atomic E-state index is 0. The van der Waals surface area contributed by atoms with Crippen molar-refractivity contribution in [3.8, 4) is 34.9 Å². The molecule has 36 heteroatoms. The summed E-state index contributed by atoms with van der Waals surface area (Å²) in [6, 6.07) is 12.2. The first-order valence-corrected chi connectivity index (χ1v) is 50.3. The Morgan fingerprint density at radius 1 is 0.394 bits per heavy atom. The van der Waals surface area contributed by atoms with Gasteiger partial charge in [-0.15, -0.1) is 0 Å². The number of alkyl halides is 6. The van der Waals surface area contributed by atoms with Crippen LogP contribution in [0.3, 0.4) is 0 Å². The molecule has 3 saturated heterocycles. The number of nitrogens with zero attached hydrogens (tertiary/aromatic N) is 9. The summed E-state index contributed by atoms with van der Waals surface area (Å²) in [6.07, 6.45) is 12.4. The monoisotopic (exact) mass is 2090 g/mol. The molecule has 0 N–H and O–H groups in total. The Labute approximate surface area is 864 Å². The van der Waals surface area contributed by atoms with Crippen molar-refractivity contribution in [1.82, 2.24) is 44.6 Å². The predicted molar refractivity (Wildman–Crippen MR) is 502 cm³/mol. The summed E-state index contributed by atoms with van der Waals surface area (Å²) in [7, 11) is 4.65. The third-order valence-electron chi connectivity index (χ3n) is 31.9. The van der Waals surface area contributed by atoms with E-state index in [4.69, 9.17) is 72.5 Å². The second-order valence-corrected chi connectivity index (χ2v) is 44.1. The fourth-order valence-corrected chi connectivity index (χ4v) is 24.1. The van der Waals surface area contributed by atoms with Gasteiger partial charge in [-0.2, -0.15) is 0 Å². The molecule has 5 aliphatic carbocycles. The number of carbonyl (C=O) groups excluding carboxylic acids is 9. The maximum absolute atomic E-state index is 14.3. The summed E-state index contributed by atoms with van der Waals surface area (Å²) >= 11 is 0. The molecule has 0 spiro atoms. The van der Waals surface area contributed by atoms with Crippen LogP contribution >= 0.6 is 0 Å². The molecule has 27 nitrogen and oxygen atoms in total. The van der Waals surface area contributed by atoms with Crippen LogP contribution in [0.15, 0.2) is 54.6 Å². The van der Waals surface area contributed by atoms with E-state index in [-0.39, 0.29) is 130 Å². The van der Waals surface area contributed by atoms with Gasteiger partial charge in [0.2, 0.25) is 54.6 Å². The van der Waals surface area contributed by atoms with E-state index in [2.05, 4.69) is 0 Å². The maximum atomic E-state index is 14.3. The third kappa shape index (κ3) is 26.1. The Morgan fingerprint density at radius 3 is 1.13 bits per heavy atom. The molecule has 17 rings (SSSR count). The first-order chi connectivity index (χ1) is 66.2. The van der Waals surface area contributed by atoms with Crippen molar-refractivity contribution in [1.29, 1.82) is 0 Å². The van der Waals surface area contributed by atoms with Gasteiger partial charge in [0, 0.05) is 93.1 Å². The standard InChI is InChI=1S/C36H46F2N3O6.C35H44F2N3O6.C35H46F2N3O6.3V/c1-36(2,3)25-17-32(43)47-33-21-11-10-20(14-21)23(33)8-6-5-7-9-27-34(40-28-15-22(45-4)12-13-26(28)39-27)46-30-18-41(35(25)44)29(19-42)24(30)16-31(37)38;1-35(2,3)24-16-32(42)45-29-13-19-12-22(19)21(29)8-6-5-7-9-26-33(39-27-14-20(44-4)10-11-25(27)38-26)46-30-17-40(34(24)43)28(18-41)23(30)15-31(36)37;1-34(2,3)24-18-31(42)46-35(4)15-9-11-21(35)10-7-6-8-12-26-32(39-27-16-22(44-5)13-14-25(27)38-26)45-29-19-40(33(24)43)28(20-41)23(29)17-30(36)37;;;/h12-13,15,20-21,23-25,29-31,33H,5-11,14,16-18H2,1-4H3;10-11,14,19,21-24,28-31H,5-9,12-13,15-17H2,1-4H3;13-14,16,21,23-24,28-30H,6-12,15,17-19H2,1-5H3;;;/q3*-1;;;/t20-,21+,23-,24+,25-,29-,30+,33-;19?,21-,22?,23+,24-,28-,29-,30+;21-,23+,24-,28-,29+,35-;;;/m111.../s1. The number of carbonyl (C=O) groups is 6. The van der Waals surface area contributed by atoms with Gasteiger partial charge in [-0.3, -0.25) is 28.8 Å². The molecule has 11 aliphatic rings. The SMILES string of the molecule is COc1ccc2nc3c(nc2c1)O[C@H]1CN(C(=O)[C@H](C(C)(C)C)CC(=O)O[C@@H]2CC4CC4[C@H]2CCCCC3)[C@H]([C-]=O)[C@@H]1CC(F)F.COc1ccc2nc3c(nc2c1)O[C@H]1CN(C(=O)[C@H](C(C)(C)C)CC(=O)O[C@@H]2[C@H]4CC[C@H](C4)[C@H]2CCCCC3)[C@H]([C-]=O)[C@@H]1CC(F)F.COc1ccc2nc3c(nc2c1)O[C@H]1CN(C(=O)[C@H](C(C)(C)C)CC(=O)O[C@]2(C)CCC[C@H]2CCCCC3)[C@H]([C-]=O)[C@@H]1CC(F)F.[V].[V].[V]. The largest absolute Gasteiger partial charge is 0.540 e. The third-order valence-corrected chi connectivity index (χ3v) is 31.9. The molecule has 8 bridgehead atoms. The molecule has 9 heterocycles. The zero-order valence-electron chi connectivity index (χ0n) is 83.7. The van der Waals surface area contributed by atoms with Gasteiger partial charge in [0.15, 0.2) is 0 Å². The van der Waals surface area contributed by atoms with E-state index in [1.807, 2.05) is 106 Å². The van der Waals surface area contributed by atoms with Crippen LogP contribution in [0.25, 0.3) is 33.1 Å². The van der Waals surface area contributed by atoms with Crippen LogP contribution in [0, 0.1) is 93.2 Å². The van der Waals surface area contributed by atoms with E-state index < -0.39 is 168 Å². The van der Waals surface area contributed by atoms with Gasteiger partial charge in [0.05, 0.1) is 111 Å². The Bertz CT molecular complexity index is 5320. The van der Waals surface area contributed by atoms with Gasteiger partial charge in [0.25, 0.3) is 0 Å². The average molecular weight is 2090 g/mol. The molecule has 2 unspecified atom stereocenters. The normalized spacial score (nSPS) is 30.6. The molecule has 3 amide bonds. The number of halogens is 6. The first-order valence-electron chi connectivity index (χ1n) is 50.3. The molecule has 142 heavy (non-hydrogen) atoms. The van der Waals surface area contributed by atoms with Crippen LogP contribution in [0.1, 0.15) is 253 Å². The topological polar surface area (TPSA) is 324 Å². The molecule has 6 aliphatic heterocycles. The number of aryl methyl sites for hydroxylation is 3. The van der Waals surface area contributed by atoms with Crippen molar-refractivity contribution in [2.75, 3.05) is 41.0 Å². The van der Waals surface area contributed by atoms with Crippen LogP contribution in [0.2, 0.25) is 0 Å². The van der Waals surface area contributed by atoms with Gasteiger partial charge in [-0.25, -0.2) is 75.1 Å². The smallest absolute Gasteiger partial charge is 0.307 e. The van der Waals surface area contributed by atoms with Gasteiger partial charge < -0.3 is 71.7 Å². The molecule has 773 valence electrons. The number of esters is 3. The van der Waals surface area contributed by atoms with Crippen molar-refractivity contribution in [3.05, 3.63) is 71.7 Å². The van der Waals surface area contributed by atoms with Crippen LogP contribution in [0.4, 0.5) is 26.3 Å². The summed E-state index contributed by atoms with van der Waals surface area (Å²) in [4.78, 5) is 153.